The van der Waals surface area contributed by atoms with Crippen LogP contribution in [0.2, 0.25) is 0 Å². The van der Waals surface area contributed by atoms with E-state index in [1.54, 1.807) is 41.5 Å². The van der Waals surface area contributed by atoms with E-state index in [0.29, 0.717) is 0 Å². The monoisotopic (exact) mass is 1020 g/mol. The molecule has 16 nitrogen and oxygen atoms in total. The van der Waals surface area contributed by atoms with Gasteiger partial charge in [0.2, 0.25) is 0 Å². The molecule has 4 unspecified atom stereocenters. The van der Waals surface area contributed by atoms with Gasteiger partial charge >= 0.3 is 30.4 Å². The van der Waals surface area contributed by atoms with Crippen molar-refractivity contribution in [1.82, 2.24) is 0 Å². The fraction of sp³-hybridized carbons (Fsp3) is 0.500. The van der Waals surface area contributed by atoms with Crippen molar-refractivity contribution in [3.63, 3.8) is 0 Å². The minimum Gasteiger partial charge on any atom is -0.368 e. The summed E-state index contributed by atoms with van der Waals surface area (Å²) >= 11 is 0. The lowest BCUT2D eigenvalue weighted by atomic mass is 9.84. The molecule has 376 valence electrons. The number of hydrogen-bond acceptors (Lipinski definition) is 16. The number of rotatable bonds is 32. The van der Waals surface area contributed by atoms with Crippen molar-refractivity contribution in [2.24, 2.45) is 0 Å². The third-order valence-electron chi connectivity index (χ3n) is 10.3. The normalized spacial score (nSPS) is 21.8. The van der Waals surface area contributed by atoms with Crippen LogP contribution in [-0.2, 0) is 99.8 Å². The van der Waals surface area contributed by atoms with Crippen LogP contribution in [0.5, 0.6) is 0 Å². The summed E-state index contributed by atoms with van der Waals surface area (Å²) in [5, 5.41) is 0. The first kappa shape index (κ1) is 56.2. The van der Waals surface area contributed by atoms with Gasteiger partial charge in [-0.05, 0) is 63.8 Å². The SMILES string of the molecule is CCOP(=O)(CP(=O)(OCC)O[C@@H]1C(OCc2ccccc2)[C@H](OP(=O)(CP(=O)(OCC)OCC)OCC)[C@H](OCc2ccccc2)C(OCc2ccccc2)[C@H]1OCc1ccccc1)OCC. The Balaban J connectivity index is 1.79. The molecule has 0 bridgehead atoms. The predicted molar refractivity (Wildman–Crippen MR) is 260 cm³/mol. The lowest BCUT2D eigenvalue weighted by Crippen LogP contribution is -2.67. The molecular weight excluding hydrogens is 956 g/mol. The van der Waals surface area contributed by atoms with E-state index in [1.165, 1.54) is 0 Å². The van der Waals surface area contributed by atoms with Gasteiger partial charge in [-0.25, -0.2) is 0 Å². The maximum absolute atomic E-state index is 15.4. The van der Waals surface area contributed by atoms with Gasteiger partial charge in [-0.15, -0.1) is 0 Å². The molecule has 0 amide bonds. The predicted octanol–water partition coefficient (Wildman–Crippen LogP) is 12.0. The molecule has 20 heteroatoms. The van der Waals surface area contributed by atoms with Crippen LogP contribution < -0.4 is 0 Å². The second kappa shape index (κ2) is 28.4. The van der Waals surface area contributed by atoms with Crippen molar-refractivity contribution in [3.8, 4) is 0 Å². The summed E-state index contributed by atoms with van der Waals surface area (Å²) in [6.07, 6.45) is -8.10. The summed E-state index contributed by atoms with van der Waals surface area (Å²) in [5.74, 6) is -1.55. The zero-order chi connectivity index (χ0) is 48.9. The summed E-state index contributed by atoms with van der Waals surface area (Å²) in [6.45, 7) is 9.36. The Morgan fingerprint density at radius 3 is 0.750 bits per heavy atom. The Hall–Kier alpha value is -2.68. The molecule has 68 heavy (non-hydrogen) atoms. The molecule has 4 aromatic rings. The Kier molecular flexibility index (Phi) is 23.5. The van der Waals surface area contributed by atoms with Crippen LogP contribution in [-0.4, -0.2) is 88.1 Å². The molecule has 5 rings (SSSR count). The number of hydrogen-bond donors (Lipinski definition) is 0. The summed E-state index contributed by atoms with van der Waals surface area (Å²) in [5.41, 5.74) is 3.08. The molecule has 8 atom stereocenters. The molecule has 0 saturated heterocycles. The van der Waals surface area contributed by atoms with E-state index < -0.39 is 78.8 Å². The average molecular weight is 1020 g/mol. The highest BCUT2D eigenvalue weighted by atomic mass is 31.2. The zero-order valence-corrected chi connectivity index (χ0v) is 43.4. The fourth-order valence-corrected chi connectivity index (χ4v) is 17.3. The van der Waals surface area contributed by atoms with E-state index in [0.717, 1.165) is 22.3 Å². The molecule has 0 aliphatic heterocycles. The Morgan fingerprint density at radius 1 is 0.309 bits per heavy atom. The van der Waals surface area contributed by atoms with Gasteiger partial charge < -0.3 is 46.1 Å². The summed E-state index contributed by atoms with van der Waals surface area (Å²) in [4.78, 5) is 0. The van der Waals surface area contributed by atoms with Gasteiger partial charge in [0.1, 0.15) is 36.6 Å². The topological polar surface area (TPSA) is 179 Å². The molecule has 1 fully saturated rings. The van der Waals surface area contributed by atoms with Gasteiger partial charge in [-0.3, -0.25) is 27.3 Å². The molecule has 0 heterocycles. The Labute approximate surface area is 402 Å². The van der Waals surface area contributed by atoms with Gasteiger partial charge in [-0.1, -0.05) is 121 Å². The van der Waals surface area contributed by atoms with E-state index in [2.05, 4.69) is 0 Å². The van der Waals surface area contributed by atoms with Crippen molar-refractivity contribution >= 4 is 30.4 Å². The van der Waals surface area contributed by atoms with Gasteiger partial charge in [0.25, 0.3) is 0 Å². The first-order chi connectivity index (χ1) is 32.8. The molecule has 1 saturated carbocycles. The standard InChI is InChI=1S/C48H68O16P4/c1-7-57-65(49,58-8-2)37-67(51,61-11-5)63-47-44(54-34-40-27-19-14-20-28-40)43(53-33-39-25-17-13-18-26-39)45(55-35-41-29-21-15-22-30-41)48(46(47)56-36-42-31-23-16-24-32-42)64-68(52,62-12-6)38-66(50,59-9-3)60-10-4/h13-32,43-48H,7-12,33-38H2,1-6H3/t43?,44-,45-,46?,47-,48+,67?,68?/m1/s1. The van der Waals surface area contributed by atoms with Crippen molar-refractivity contribution in [1.29, 1.82) is 0 Å². The smallest absolute Gasteiger partial charge is 0.343 e. The van der Waals surface area contributed by atoms with Crippen LogP contribution >= 0.6 is 30.4 Å². The maximum atomic E-state index is 15.4. The van der Waals surface area contributed by atoms with Crippen molar-refractivity contribution in [2.45, 2.75) is 105 Å². The third-order valence-corrected chi connectivity index (χ3v) is 20.9. The van der Waals surface area contributed by atoms with Crippen molar-refractivity contribution in [3.05, 3.63) is 144 Å². The first-order valence-corrected chi connectivity index (χ1v) is 30.0. The summed E-state index contributed by atoms with van der Waals surface area (Å²) in [7, 11) is -17.4. The molecule has 4 aromatic carbocycles. The fourth-order valence-electron chi connectivity index (χ4n) is 7.61. The van der Waals surface area contributed by atoms with Gasteiger partial charge in [0, 0.05) is 0 Å². The van der Waals surface area contributed by atoms with Crippen LogP contribution in [0.25, 0.3) is 0 Å². The number of ether oxygens (including phenoxy) is 4. The van der Waals surface area contributed by atoms with Crippen LogP contribution in [0.4, 0.5) is 0 Å². The highest BCUT2D eigenvalue weighted by Crippen LogP contribution is 2.67. The largest absolute Gasteiger partial charge is 0.368 e. The lowest BCUT2D eigenvalue weighted by Gasteiger charge is -2.50. The van der Waals surface area contributed by atoms with Crippen LogP contribution in [0.1, 0.15) is 63.8 Å². The minimum absolute atomic E-state index is 0.00243. The van der Waals surface area contributed by atoms with E-state index >= 15 is 9.13 Å². The molecule has 0 N–H and O–H groups in total. The van der Waals surface area contributed by atoms with Crippen LogP contribution in [0, 0.1) is 0 Å². The summed E-state index contributed by atoms with van der Waals surface area (Å²) in [6, 6.07) is 37.4. The van der Waals surface area contributed by atoms with E-state index in [-0.39, 0.29) is 66.1 Å². The van der Waals surface area contributed by atoms with Gasteiger partial charge in [-0.2, -0.15) is 0 Å². The van der Waals surface area contributed by atoms with Crippen molar-refractivity contribution in [2.75, 3.05) is 51.4 Å². The van der Waals surface area contributed by atoms with E-state index in [1.807, 2.05) is 121 Å². The second-order valence-electron chi connectivity index (χ2n) is 15.4. The zero-order valence-electron chi connectivity index (χ0n) is 39.8. The Morgan fingerprint density at radius 2 is 0.515 bits per heavy atom. The highest BCUT2D eigenvalue weighted by molar-refractivity contribution is 7.71. The molecule has 0 aromatic heterocycles. The lowest BCUT2D eigenvalue weighted by molar-refractivity contribution is -0.265. The second-order valence-corrected chi connectivity index (χ2v) is 24.5. The Bertz CT molecular complexity index is 2090. The minimum atomic E-state index is -4.57. The molecule has 1 aliphatic rings. The van der Waals surface area contributed by atoms with Crippen molar-refractivity contribution < 1.29 is 73.4 Å². The molecular formula is C48H68O16P4. The molecule has 1 aliphatic carbocycles. The van der Waals surface area contributed by atoms with Gasteiger partial charge in [0.05, 0.1) is 66.1 Å². The summed E-state index contributed by atoms with van der Waals surface area (Å²) < 4.78 is 135. The first-order valence-electron chi connectivity index (χ1n) is 23.1. The third kappa shape index (κ3) is 17.3. The molecule has 0 spiro atoms. The highest BCUT2D eigenvalue weighted by Gasteiger charge is 2.59. The van der Waals surface area contributed by atoms with Crippen LogP contribution in [0.3, 0.4) is 0 Å². The quantitative estimate of drug-likeness (QED) is 0.0421. The molecule has 0 radical (unpaired) electrons. The van der Waals surface area contributed by atoms with Gasteiger partial charge in [0.15, 0.2) is 11.8 Å². The van der Waals surface area contributed by atoms with Crippen LogP contribution in [0.15, 0.2) is 121 Å². The van der Waals surface area contributed by atoms with E-state index in [4.69, 9.17) is 55.1 Å². The van der Waals surface area contributed by atoms with E-state index in [9.17, 15) is 9.13 Å². The maximum Gasteiger partial charge on any atom is 0.343 e. The number of benzene rings is 4. The average Bonchev–Trinajstić information content (AvgIpc) is 3.31.